The number of carbonyl (C=O) groups excluding carboxylic acids is 2. The fourth-order valence-corrected chi connectivity index (χ4v) is 3.05. The lowest BCUT2D eigenvalue weighted by molar-refractivity contribution is -0.138. The lowest BCUT2D eigenvalue weighted by Crippen LogP contribution is -2.47. The number of nitrogens with zero attached hydrogens (tertiary/aromatic N) is 1. The molecule has 122 valence electrons. The van der Waals surface area contributed by atoms with Crippen LogP contribution in [0.25, 0.3) is 0 Å². The zero-order chi connectivity index (χ0) is 14.4. The van der Waals surface area contributed by atoms with Gasteiger partial charge in [-0.15, -0.1) is 12.4 Å². The molecule has 2 unspecified atom stereocenters. The van der Waals surface area contributed by atoms with Crippen LogP contribution in [0.1, 0.15) is 39.0 Å². The molecule has 0 saturated carbocycles. The van der Waals surface area contributed by atoms with E-state index in [0.717, 1.165) is 58.3 Å². The molecule has 2 aliphatic rings. The van der Waals surface area contributed by atoms with Crippen molar-refractivity contribution in [2.24, 2.45) is 11.8 Å². The predicted molar refractivity (Wildman–Crippen MR) is 85.4 cm³/mol. The minimum absolute atomic E-state index is 0. The van der Waals surface area contributed by atoms with Crippen LogP contribution >= 0.6 is 12.4 Å². The minimum Gasteiger partial charge on any atom is -0.356 e. The fourth-order valence-electron chi connectivity index (χ4n) is 3.05. The normalized spacial score (nSPS) is 25.3. The van der Waals surface area contributed by atoms with E-state index in [-0.39, 0.29) is 36.1 Å². The molecule has 0 spiro atoms. The van der Waals surface area contributed by atoms with Crippen molar-refractivity contribution in [1.82, 2.24) is 15.5 Å². The third-order valence-corrected chi connectivity index (χ3v) is 4.34. The van der Waals surface area contributed by atoms with Crippen LogP contribution in [0.15, 0.2) is 0 Å². The maximum atomic E-state index is 12.4. The molecular formula is C15H28ClN3O2. The summed E-state index contributed by atoms with van der Waals surface area (Å²) in [4.78, 5) is 26.4. The molecule has 0 radical (unpaired) electrons. The molecule has 0 aromatic carbocycles. The van der Waals surface area contributed by atoms with Crippen LogP contribution < -0.4 is 10.6 Å². The number of piperidine rings is 1. The fraction of sp³-hybridized carbons (Fsp3) is 0.867. The van der Waals surface area contributed by atoms with E-state index in [1.54, 1.807) is 0 Å². The van der Waals surface area contributed by atoms with E-state index in [1.165, 1.54) is 0 Å². The van der Waals surface area contributed by atoms with E-state index in [2.05, 4.69) is 17.6 Å². The van der Waals surface area contributed by atoms with Gasteiger partial charge in [-0.2, -0.15) is 0 Å². The van der Waals surface area contributed by atoms with E-state index in [0.29, 0.717) is 6.54 Å². The molecule has 2 N–H and O–H groups in total. The maximum Gasteiger partial charge on any atom is 0.227 e. The van der Waals surface area contributed by atoms with Gasteiger partial charge < -0.3 is 15.5 Å². The summed E-state index contributed by atoms with van der Waals surface area (Å²) in [7, 11) is 0. The van der Waals surface area contributed by atoms with E-state index in [4.69, 9.17) is 0 Å². The Morgan fingerprint density at radius 1 is 1.29 bits per heavy atom. The topological polar surface area (TPSA) is 61.4 Å². The highest BCUT2D eigenvalue weighted by Gasteiger charge is 2.32. The number of rotatable bonds is 5. The van der Waals surface area contributed by atoms with E-state index in [1.807, 2.05) is 4.90 Å². The van der Waals surface area contributed by atoms with Crippen molar-refractivity contribution in [3.05, 3.63) is 0 Å². The molecular weight excluding hydrogens is 290 g/mol. The van der Waals surface area contributed by atoms with Gasteiger partial charge in [0.15, 0.2) is 0 Å². The van der Waals surface area contributed by atoms with E-state index < -0.39 is 0 Å². The first kappa shape index (κ1) is 18.2. The highest BCUT2D eigenvalue weighted by molar-refractivity contribution is 5.85. The zero-order valence-corrected chi connectivity index (χ0v) is 13.7. The first-order chi connectivity index (χ1) is 9.72. The minimum atomic E-state index is -0.0149. The van der Waals surface area contributed by atoms with Gasteiger partial charge in [0.1, 0.15) is 0 Å². The average molecular weight is 318 g/mol. The molecule has 2 amide bonds. The monoisotopic (exact) mass is 317 g/mol. The van der Waals surface area contributed by atoms with Crippen LogP contribution in [-0.4, -0.2) is 49.4 Å². The molecule has 2 heterocycles. The molecule has 2 atom stereocenters. The van der Waals surface area contributed by atoms with E-state index in [9.17, 15) is 9.59 Å². The number of halogens is 1. The number of nitrogens with one attached hydrogen (secondary N) is 2. The summed E-state index contributed by atoms with van der Waals surface area (Å²) in [6.07, 6.45) is 4.89. The number of hydrogen-bond acceptors (Lipinski definition) is 3. The van der Waals surface area contributed by atoms with Crippen LogP contribution in [0.2, 0.25) is 0 Å². The van der Waals surface area contributed by atoms with Crippen LogP contribution in [0.5, 0.6) is 0 Å². The lowest BCUT2D eigenvalue weighted by atomic mass is 9.95. The second-order valence-corrected chi connectivity index (χ2v) is 5.96. The molecule has 2 fully saturated rings. The van der Waals surface area contributed by atoms with Crippen molar-refractivity contribution in [2.45, 2.75) is 39.0 Å². The van der Waals surface area contributed by atoms with Gasteiger partial charge >= 0.3 is 0 Å². The van der Waals surface area contributed by atoms with Crippen molar-refractivity contribution in [2.75, 3.05) is 32.7 Å². The molecule has 5 nitrogen and oxygen atoms in total. The van der Waals surface area contributed by atoms with Gasteiger partial charge in [-0.05, 0) is 32.2 Å². The summed E-state index contributed by atoms with van der Waals surface area (Å²) in [6, 6.07) is 0. The average Bonchev–Trinajstić information content (AvgIpc) is 3.01. The van der Waals surface area contributed by atoms with Crippen molar-refractivity contribution >= 4 is 24.2 Å². The van der Waals surface area contributed by atoms with Gasteiger partial charge in [-0.1, -0.05) is 13.3 Å². The number of hydrogen-bond donors (Lipinski definition) is 2. The van der Waals surface area contributed by atoms with Crippen LogP contribution in [0.3, 0.4) is 0 Å². The molecule has 6 heteroatoms. The number of amides is 2. The van der Waals surface area contributed by atoms with Gasteiger partial charge in [0.25, 0.3) is 0 Å². The van der Waals surface area contributed by atoms with Gasteiger partial charge in [-0.3, -0.25) is 9.59 Å². The van der Waals surface area contributed by atoms with Crippen LogP contribution in [0.4, 0.5) is 0 Å². The molecule has 0 aromatic rings. The Labute approximate surface area is 133 Å². The van der Waals surface area contributed by atoms with Crippen LogP contribution in [-0.2, 0) is 9.59 Å². The van der Waals surface area contributed by atoms with Crippen molar-refractivity contribution in [1.29, 1.82) is 0 Å². The largest absolute Gasteiger partial charge is 0.356 e. The Bertz CT molecular complexity index is 346. The SMILES string of the molecule is CCCCNC(=O)C1CCCN(C(=O)C2CCNC2)C1.Cl. The first-order valence-corrected chi connectivity index (χ1v) is 7.99. The molecule has 2 aliphatic heterocycles. The summed E-state index contributed by atoms with van der Waals surface area (Å²) in [5.74, 6) is 0.470. The molecule has 2 saturated heterocycles. The van der Waals surface area contributed by atoms with Gasteiger partial charge in [0.2, 0.25) is 11.8 Å². The van der Waals surface area contributed by atoms with E-state index >= 15 is 0 Å². The van der Waals surface area contributed by atoms with Gasteiger partial charge in [0, 0.05) is 26.2 Å². The van der Waals surface area contributed by atoms with Crippen molar-refractivity contribution < 1.29 is 9.59 Å². The molecule has 21 heavy (non-hydrogen) atoms. The Hall–Kier alpha value is -0.810. The Balaban J connectivity index is 0.00000220. The third kappa shape index (κ3) is 5.15. The lowest BCUT2D eigenvalue weighted by Gasteiger charge is -2.33. The smallest absolute Gasteiger partial charge is 0.227 e. The third-order valence-electron chi connectivity index (χ3n) is 4.34. The summed E-state index contributed by atoms with van der Waals surface area (Å²) >= 11 is 0. The zero-order valence-electron chi connectivity index (χ0n) is 12.9. The number of carbonyl (C=O) groups is 2. The quantitative estimate of drug-likeness (QED) is 0.748. The van der Waals surface area contributed by atoms with Crippen LogP contribution in [0, 0.1) is 11.8 Å². The second kappa shape index (κ2) is 9.26. The van der Waals surface area contributed by atoms with Crippen molar-refractivity contribution in [3.8, 4) is 0 Å². The van der Waals surface area contributed by atoms with Gasteiger partial charge in [-0.25, -0.2) is 0 Å². The summed E-state index contributed by atoms with van der Waals surface area (Å²) in [6.45, 7) is 6.02. The van der Waals surface area contributed by atoms with Crippen molar-refractivity contribution in [3.63, 3.8) is 0 Å². The Morgan fingerprint density at radius 3 is 2.76 bits per heavy atom. The highest BCUT2D eigenvalue weighted by atomic mass is 35.5. The standard InChI is InChI=1S/C15H27N3O2.ClH/c1-2-3-7-17-14(19)13-5-4-9-18(11-13)15(20)12-6-8-16-10-12;/h12-13,16H,2-11H2,1H3,(H,17,19);1H. The number of likely N-dealkylation sites (tertiary alicyclic amines) is 1. The first-order valence-electron chi connectivity index (χ1n) is 7.99. The van der Waals surface area contributed by atoms with Gasteiger partial charge in [0.05, 0.1) is 11.8 Å². The molecule has 0 bridgehead atoms. The summed E-state index contributed by atoms with van der Waals surface area (Å²) in [5, 5.41) is 6.23. The number of unbranched alkanes of at least 4 members (excludes halogenated alkanes) is 1. The molecule has 2 rings (SSSR count). The Morgan fingerprint density at radius 2 is 2.10 bits per heavy atom. The summed E-state index contributed by atoms with van der Waals surface area (Å²) in [5.41, 5.74) is 0. The maximum absolute atomic E-state index is 12.4. The highest BCUT2D eigenvalue weighted by Crippen LogP contribution is 2.20. The summed E-state index contributed by atoms with van der Waals surface area (Å²) < 4.78 is 0. The molecule has 0 aliphatic carbocycles. The second-order valence-electron chi connectivity index (χ2n) is 5.96. The molecule has 0 aromatic heterocycles. The Kier molecular flexibility index (Phi) is 8.04. The predicted octanol–water partition coefficient (Wildman–Crippen LogP) is 1.17.